The van der Waals surface area contributed by atoms with Crippen LogP contribution in [0.3, 0.4) is 0 Å². The standard InChI is InChI=1S/C14H21Br2ClO5/c1-12(2,15)6-9(18)21-7-14(5,10(17)19)8-22-11(20)13(3,4)16/h6-8H2,1-5H3. The van der Waals surface area contributed by atoms with Gasteiger partial charge in [0.05, 0.1) is 6.42 Å². The Hall–Kier alpha value is -0.140. The highest BCUT2D eigenvalue weighted by atomic mass is 79.9. The lowest BCUT2D eigenvalue weighted by Gasteiger charge is -2.26. The summed E-state index contributed by atoms with van der Waals surface area (Å²) in [5.74, 6) is -1.01. The maximum absolute atomic E-state index is 11.7. The first-order chi connectivity index (χ1) is 9.67. The highest BCUT2D eigenvalue weighted by molar-refractivity contribution is 9.10. The molecule has 0 radical (unpaired) electrons. The molecule has 0 heterocycles. The van der Waals surface area contributed by atoms with Crippen molar-refractivity contribution >= 4 is 60.6 Å². The zero-order valence-corrected chi connectivity index (χ0v) is 17.2. The summed E-state index contributed by atoms with van der Waals surface area (Å²) in [6.45, 7) is 7.82. The number of hydrogen-bond acceptors (Lipinski definition) is 5. The summed E-state index contributed by atoms with van der Waals surface area (Å²) in [4.78, 5) is 35.0. The monoisotopic (exact) mass is 462 g/mol. The minimum absolute atomic E-state index is 0.133. The minimum atomic E-state index is -1.29. The van der Waals surface area contributed by atoms with E-state index < -0.39 is 31.2 Å². The Labute approximate surface area is 152 Å². The summed E-state index contributed by atoms with van der Waals surface area (Å²) in [6, 6.07) is 0. The number of esters is 2. The van der Waals surface area contributed by atoms with Crippen LogP contribution < -0.4 is 0 Å². The van der Waals surface area contributed by atoms with Gasteiger partial charge in [-0.3, -0.25) is 14.4 Å². The lowest BCUT2D eigenvalue weighted by Crippen LogP contribution is -2.39. The molecule has 0 aliphatic carbocycles. The van der Waals surface area contributed by atoms with E-state index in [2.05, 4.69) is 31.9 Å². The number of hydrogen-bond donors (Lipinski definition) is 0. The van der Waals surface area contributed by atoms with E-state index in [-0.39, 0.29) is 19.6 Å². The zero-order valence-electron chi connectivity index (χ0n) is 13.3. The van der Waals surface area contributed by atoms with Gasteiger partial charge in [0.25, 0.3) is 0 Å². The molecule has 0 amide bonds. The highest BCUT2D eigenvalue weighted by Gasteiger charge is 2.37. The van der Waals surface area contributed by atoms with Gasteiger partial charge in [0.15, 0.2) is 0 Å². The van der Waals surface area contributed by atoms with Crippen molar-refractivity contribution in [2.24, 2.45) is 5.41 Å². The van der Waals surface area contributed by atoms with Gasteiger partial charge in [0.2, 0.25) is 5.24 Å². The van der Waals surface area contributed by atoms with Crippen LogP contribution >= 0.6 is 43.5 Å². The largest absolute Gasteiger partial charge is 0.464 e. The molecule has 0 bridgehead atoms. The summed E-state index contributed by atoms with van der Waals surface area (Å²) in [5.41, 5.74) is -1.29. The first-order valence-electron chi connectivity index (χ1n) is 6.58. The van der Waals surface area contributed by atoms with E-state index >= 15 is 0 Å². The smallest absolute Gasteiger partial charge is 0.322 e. The van der Waals surface area contributed by atoms with Crippen molar-refractivity contribution in [3.8, 4) is 0 Å². The van der Waals surface area contributed by atoms with Gasteiger partial charge in [-0.2, -0.15) is 0 Å². The molecule has 1 atom stereocenters. The average Bonchev–Trinajstić information content (AvgIpc) is 2.29. The highest BCUT2D eigenvalue weighted by Crippen LogP contribution is 2.26. The van der Waals surface area contributed by atoms with Crippen LogP contribution in [0.25, 0.3) is 0 Å². The fourth-order valence-electron chi connectivity index (χ4n) is 1.19. The third-order valence-corrected chi connectivity index (χ3v) is 3.66. The maximum Gasteiger partial charge on any atom is 0.322 e. The van der Waals surface area contributed by atoms with Crippen molar-refractivity contribution in [3.63, 3.8) is 0 Å². The molecule has 0 spiro atoms. The molecule has 0 aromatic carbocycles. The van der Waals surface area contributed by atoms with Crippen LogP contribution in [0.2, 0.25) is 0 Å². The fourth-order valence-corrected chi connectivity index (χ4v) is 1.64. The van der Waals surface area contributed by atoms with E-state index in [0.29, 0.717) is 0 Å². The van der Waals surface area contributed by atoms with Crippen LogP contribution in [0.5, 0.6) is 0 Å². The second-order valence-electron chi connectivity index (χ2n) is 6.44. The van der Waals surface area contributed by atoms with E-state index in [9.17, 15) is 14.4 Å². The Morgan fingerprint density at radius 3 is 1.77 bits per heavy atom. The van der Waals surface area contributed by atoms with Crippen LogP contribution in [-0.2, 0) is 23.9 Å². The summed E-state index contributed by atoms with van der Waals surface area (Å²) < 4.78 is 8.88. The molecule has 0 saturated heterocycles. The molecule has 5 nitrogen and oxygen atoms in total. The van der Waals surface area contributed by atoms with Crippen molar-refractivity contribution < 1.29 is 23.9 Å². The molecular formula is C14H21Br2ClO5. The summed E-state index contributed by atoms with van der Waals surface area (Å²) in [7, 11) is 0. The topological polar surface area (TPSA) is 69.7 Å². The second-order valence-corrected chi connectivity index (χ2v) is 10.9. The van der Waals surface area contributed by atoms with E-state index in [4.69, 9.17) is 21.1 Å². The Morgan fingerprint density at radius 1 is 0.955 bits per heavy atom. The summed E-state index contributed by atoms with van der Waals surface area (Å²) >= 11 is 12.0. The first-order valence-corrected chi connectivity index (χ1v) is 8.54. The fraction of sp³-hybridized carbons (Fsp3) is 0.786. The first kappa shape index (κ1) is 21.9. The molecule has 22 heavy (non-hydrogen) atoms. The number of alkyl halides is 2. The zero-order chi connectivity index (χ0) is 17.8. The van der Waals surface area contributed by atoms with Gasteiger partial charge < -0.3 is 9.47 Å². The number of carbonyl (C=O) groups is 3. The third kappa shape index (κ3) is 8.48. The normalized spacial score (nSPS) is 14.9. The quantitative estimate of drug-likeness (QED) is 0.312. The van der Waals surface area contributed by atoms with Crippen molar-refractivity contribution in [1.29, 1.82) is 0 Å². The Kier molecular flexibility index (Phi) is 8.05. The van der Waals surface area contributed by atoms with Crippen LogP contribution in [0.1, 0.15) is 41.0 Å². The SMILES string of the molecule is CC(C)(Br)CC(=O)OCC(C)(COC(=O)C(C)(C)Br)C(=O)Cl. The molecule has 0 rings (SSSR count). The average molecular weight is 465 g/mol. The molecule has 0 aromatic heterocycles. The third-order valence-electron chi connectivity index (χ3n) is 2.60. The van der Waals surface area contributed by atoms with Crippen molar-refractivity contribution in [3.05, 3.63) is 0 Å². The second kappa shape index (κ2) is 8.11. The minimum Gasteiger partial charge on any atom is -0.464 e. The number of halogens is 3. The van der Waals surface area contributed by atoms with Gasteiger partial charge in [0.1, 0.15) is 23.0 Å². The van der Waals surface area contributed by atoms with Crippen LogP contribution in [0, 0.1) is 5.41 Å². The molecule has 8 heteroatoms. The summed E-state index contributed by atoms with van der Waals surface area (Å²) in [5, 5.41) is -0.737. The van der Waals surface area contributed by atoms with Gasteiger partial charge in [-0.05, 0) is 46.2 Å². The van der Waals surface area contributed by atoms with Crippen LogP contribution in [0.15, 0.2) is 0 Å². The van der Waals surface area contributed by atoms with E-state index in [1.807, 2.05) is 13.8 Å². The van der Waals surface area contributed by atoms with Gasteiger partial charge in [-0.15, -0.1) is 0 Å². The molecule has 0 aromatic rings. The number of ether oxygens (including phenoxy) is 2. The van der Waals surface area contributed by atoms with Gasteiger partial charge >= 0.3 is 11.9 Å². The molecule has 0 saturated carbocycles. The Bertz CT molecular complexity index is 439. The van der Waals surface area contributed by atoms with E-state index in [1.54, 1.807) is 13.8 Å². The van der Waals surface area contributed by atoms with E-state index in [0.717, 1.165) is 0 Å². The molecule has 128 valence electrons. The van der Waals surface area contributed by atoms with Crippen LogP contribution in [-0.4, -0.2) is 39.0 Å². The maximum atomic E-state index is 11.7. The molecule has 0 fully saturated rings. The van der Waals surface area contributed by atoms with Gasteiger partial charge in [-0.25, -0.2) is 0 Å². The summed E-state index contributed by atoms with van der Waals surface area (Å²) in [6.07, 6.45) is 0.133. The van der Waals surface area contributed by atoms with Gasteiger partial charge in [-0.1, -0.05) is 31.9 Å². The molecule has 1 unspecified atom stereocenters. The lowest BCUT2D eigenvalue weighted by molar-refractivity contribution is -0.156. The van der Waals surface area contributed by atoms with Crippen molar-refractivity contribution in [1.82, 2.24) is 0 Å². The van der Waals surface area contributed by atoms with Crippen molar-refractivity contribution in [2.45, 2.75) is 49.7 Å². The molecule has 0 aliphatic heterocycles. The Balaban J connectivity index is 4.68. The predicted molar refractivity (Wildman–Crippen MR) is 91.5 cm³/mol. The number of rotatable bonds is 8. The van der Waals surface area contributed by atoms with Gasteiger partial charge in [0, 0.05) is 4.32 Å². The number of carbonyl (C=O) groups excluding carboxylic acids is 3. The molecular weight excluding hydrogens is 443 g/mol. The molecule has 0 N–H and O–H groups in total. The molecule has 0 aliphatic rings. The Morgan fingerprint density at radius 2 is 1.41 bits per heavy atom. The van der Waals surface area contributed by atoms with Crippen LogP contribution in [0.4, 0.5) is 0 Å². The van der Waals surface area contributed by atoms with Crippen molar-refractivity contribution in [2.75, 3.05) is 13.2 Å². The van der Waals surface area contributed by atoms with E-state index in [1.165, 1.54) is 6.92 Å². The predicted octanol–water partition coefficient (Wildman–Crippen LogP) is 3.58. The lowest BCUT2D eigenvalue weighted by atomic mass is 9.95.